The summed E-state index contributed by atoms with van der Waals surface area (Å²) in [7, 11) is 1.38. The molecule has 3 aromatic rings. The molecular weight excluding hydrogens is 328 g/mol. The summed E-state index contributed by atoms with van der Waals surface area (Å²) >= 11 is 0. The molecule has 0 bridgehead atoms. The molecule has 2 aromatic carbocycles. The van der Waals surface area contributed by atoms with Crippen LogP contribution in [0.4, 0.5) is 0 Å². The molecule has 0 atom stereocenters. The normalized spacial score (nSPS) is 11.4. The number of carbonyl (C=O) groups excluding carboxylic acids is 2. The van der Waals surface area contributed by atoms with Gasteiger partial charge in [-0.1, -0.05) is 13.8 Å². The average molecular weight is 352 g/mol. The van der Waals surface area contributed by atoms with Crippen molar-refractivity contribution in [3.63, 3.8) is 0 Å². The first kappa shape index (κ1) is 18.1. The number of hydrogen-bond acceptors (Lipinski definition) is 4. The Morgan fingerprint density at radius 1 is 1.08 bits per heavy atom. The maximum atomic E-state index is 11.9. The van der Waals surface area contributed by atoms with E-state index in [1.807, 2.05) is 30.3 Å². The second-order valence-electron chi connectivity index (χ2n) is 6.30. The van der Waals surface area contributed by atoms with E-state index in [2.05, 4.69) is 23.3 Å². The molecule has 0 saturated carbocycles. The molecule has 0 amide bonds. The molecule has 0 N–H and O–H groups in total. The zero-order valence-electron chi connectivity index (χ0n) is 15.5. The largest absolute Gasteiger partial charge is 0.465 e. The molecule has 1 heterocycles. The third-order valence-electron chi connectivity index (χ3n) is 4.98. The number of methoxy groups -OCH3 is 1. The molecule has 0 aliphatic heterocycles. The van der Waals surface area contributed by atoms with E-state index in [1.165, 1.54) is 7.11 Å². The first-order valence-electron chi connectivity index (χ1n) is 8.94. The third-order valence-corrected chi connectivity index (χ3v) is 4.98. The Balaban J connectivity index is 2.18. The van der Waals surface area contributed by atoms with Gasteiger partial charge in [0.05, 0.1) is 12.7 Å². The number of carbonyl (C=O) groups is 2. The Hall–Kier alpha value is -2.66. The fraction of sp³-hybridized carbons (Fsp3) is 0.333. The van der Waals surface area contributed by atoms with Gasteiger partial charge >= 0.3 is 5.97 Å². The van der Waals surface area contributed by atoms with Crippen molar-refractivity contribution >= 4 is 34.1 Å². The van der Waals surface area contributed by atoms with Gasteiger partial charge in [-0.2, -0.15) is 0 Å². The molecule has 0 fully saturated rings. The topological polar surface area (TPSA) is 51.5 Å². The van der Waals surface area contributed by atoms with E-state index in [1.54, 1.807) is 6.07 Å². The monoisotopic (exact) mass is 352 g/mol. The van der Waals surface area contributed by atoms with Gasteiger partial charge in [0.2, 0.25) is 0 Å². The van der Waals surface area contributed by atoms with Crippen molar-refractivity contribution in [1.82, 2.24) is 9.47 Å². The second-order valence-corrected chi connectivity index (χ2v) is 6.30. The molecule has 0 aliphatic rings. The smallest absolute Gasteiger partial charge is 0.337 e. The maximum Gasteiger partial charge on any atom is 0.337 e. The van der Waals surface area contributed by atoms with Crippen LogP contribution < -0.4 is 0 Å². The van der Waals surface area contributed by atoms with E-state index in [4.69, 9.17) is 4.74 Å². The summed E-state index contributed by atoms with van der Waals surface area (Å²) in [5.41, 5.74) is 3.27. The van der Waals surface area contributed by atoms with Crippen LogP contribution in [0.2, 0.25) is 0 Å². The molecule has 5 heteroatoms. The van der Waals surface area contributed by atoms with E-state index in [0.29, 0.717) is 11.1 Å². The second kappa shape index (κ2) is 7.70. The van der Waals surface area contributed by atoms with Crippen LogP contribution >= 0.6 is 0 Å². The quantitative estimate of drug-likeness (QED) is 0.480. The minimum Gasteiger partial charge on any atom is -0.465 e. The summed E-state index contributed by atoms with van der Waals surface area (Å²) in [4.78, 5) is 25.5. The minimum absolute atomic E-state index is 0.359. The summed E-state index contributed by atoms with van der Waals surface area (Å²) in [5.74, 6) is -0.359. The van der Waals surface area contributed by atoms with Gasteiger partial charge < -0.3 is 14.2 Å². The van der Waals surface area contributed by atoms with Crippen LogP contribution in [0.1, 0.15) is 34.6 Å². The zero-order valence-corrected chi connectivity index (χ0v) is 15.5. The Morgan fingerprint density at radius 2 is 1.73 bits per heavy atom. The maximum absolute atomic E-state index is 11.9. The lowest BCUT2D eigenvalue weighted by Crippen LogP contribution is -2.26. The minimum atomic E-state index is -0.359. The summed E-state index contributed by atoms with van der Waals surface area (Å²) < 4.78 is 7.11. The van der Waals surface area contributed by atoms with Gasteiger partial charge in [-0.25, -0.2) is 4.79 Å². The van der Waals surface area contributed by atoms with Crippen molar-refractivity contribution in [2.24, 2.45) is 0 Å². The van der Waals surface area contributed by atoms with Crippen molar-refractivity contribution in [2.75, 3.05) is 26.7 Å². The number of nitrogens with zero attached hydrogens (tertiary/aromatic N) is 2. The average Bonchev–Trinajstić information content (AvgIpc) is 3.00. The number of esters is 1. The molecule has 0 aliphatic carbocycles. The van der Waals surface area contributed by atoms with Gasteiger partial charge in [-0.15, -0.1) is 0 Å². The predicted octanol–water partition coefficient (Wildman–Crippen LogP) is 3.74. The Bertz CT molecular complexity index is 955. The highest BCUT2D eigenvalue weighted by atomic mass is 16.5. The summed E-state index contributed by atoms with van der Waals surface area (Å²) in [6.07, 6.45) is 0.850. The zero-order chi connectivity index (χ0) is 18.7. The lowest BCUT2D eigenvalue weighted by atomic mass is 10.1. The van der Waals surface area contributed by atoms with E-state index in [-0.39, 0.29) is 5.97 Å². The predicted molar refractivity (Wildman–Crippen MR) is 104 cm³/mol. The number of fused-ring (bicyclic) bond motifs is 3. The summed E-state index contributed by atoms with van der Waals surface area (Å²) in [6, 6.07) is 11.3. The van der Waals surface area contributed by atoms with E-state index in [0.717, 1.165) is 54.3 Å². The number of aromatic nitrogens is 1. The first-order valence-corrected chi connectivity index (χ1v) is 8.94. The van der Waals surface area contributed by atoms with Gasteiger partial charge in [0.15, 0.2) is 0 Å². The molecule has 0 radical (unpaired) electrons. The van der Waals surface area contributed by atoms with Crippen molar-refractivity contribution in [1.29, 1.82) is 0 Å². The highest BCUT2D eigenvalue weighted by Crippen LogP contribution is 2.30. The number of likely N-dealkylation sites (N-methyl/N-ethyl adjacent to an activating group) is 1. The van der Waals surface area contributed by atoms with Crippen molar-refractivity contribution in [3.8, 4) is 0 Å². The van der Waals surface area contributed by atoms with Gasteiger partial charge in [-0.05, 0) is 49.5 Å². The SMILES string of the molecule is CCN(CC)CCn1c2ccc(C=O)cc2c2cc(C(=O)OC)ccc21. The Morgan fingerprint density at radius 3 is 2.35 bits per heavy atom. The van der Waals surface area contributed by atoms with Gasteiger partial charge in [0, 0.05) is 40.5 Å². The first-order chi connectivity index (χ1) is 12.6. The van der Waals surface area contributed by atoms with Crippen LogP contribution in [0.5, 0.6) is 0 Å². The van der Waals surface area contributed by atoms with Crippen LogP contribution in [-0.4, -0.2) is 48.5 Å². The molecule has 5 nitrogen and oxygen atoms in total. The molecular formula is C21H24N2O3. The van der Waals surface area contributed by atoms with E-state index >= 15 is 0 Å². The third kappa shape index (κ3) is 3.22. The molecule has 26 heavy (non-hydrogen) atoms. The van der Waals surface area contributed by atoms with Gasteiger partial charge in [0.25, 0.3) is 0 Å². The molecule has 3 rings (SSSR count). The number of aldehydes is 1. The summed E-state index contributed by atoms with van der Waals surface area (Å²) in [6.45, 7) is 8.13. The highest BCUT2D eigenvalue weighted by Gasteiger charge is 2.15. The van der Waals surface area contributed by atoms with Crippen molar-refractivity contribution in [3.05, 3.63) is 47.5 Å². The standard InChI is InChI=1S/C21H24N2O3/c1-4-22(5-2)10-11-23-19-8-6-15(14-24)12-17(19)18-13-16(21(25)26-3)7-9-20(18)23/h6-9,12-14H,4-5,10-11H2,1-3H3. The van der Waals surface area contributed by atoms with Crippen LogP contribution in [0.25, 0.3) is 21.8 Å². The van der Waals surface area contributed by atoms with Gasteiger partial charge in [0.1, 0.15) is 6.29 Å². The summed E-state index contributed by atoms with van der Waals surface area (Å²) in [5, 5.41) is 1.95. The molecule has 0 spiro atoms. The fourth-order valence-electron chi connectivity index (χ4n) is 3.46. The van der Waals surface area contributed by atoms with E-state index in [9.17, 15) is 9.59 Å². The number of benzene rings is 2. The molecule has 136 valence electrons. The highest BCUT2D eigenvalue weighted by molar-refractivity contribution is 6.11. The van der Waals surface area contributed by atoms with Crippen LogP contribution in [0.3, 0.4) is 0 Å². The number of ether oxygens (including phenoxy) is 1. The van der Waals surface area contributed by atoms with Crippen LogP contribution in [0, 0.1) is 0 Å². The van der Waals surface area contributed by atoms with Crippen molar-refractivity contribution in [2.45, 2.75) is 20.4 Å². The van der Waals surface area contributed by atoms with E-state index < -0.39 is 0 Å². The van der Waals surface area contributed by atoms with Crippen LogP contribution in [-0.2, 0) is 11.3 Å². The molecule has 0 saturated heterocycles. The van der Waals surface area contributed by atoms with Crippen molar-refractivity contribution < 1.29 is 14.3 Å². The number of hydrogen-bond donors (Lipinski definition) is 0. The van der Waals surface area contributed by atoms with Crippen LogP contribution in [0.15, 0.2) is 36.4 Å². The molecule has 0 unspecified atom stereocenters. The van der Waals surface area contributed by atoms with Gasteiger partial charge in [-0.3, -0.25) is 4.79 Å². The molecule has 1 aromatic heterocycles. The Labute approximate surface area is 153 Å². The number of rotatable bonds is 7. The lowest BCUT2D eigenvalue weighted by molar-refractivity contribution is 0.0601. The fourth-order valence-corrected chi connectivity index (χ4v) is 3.46. The Kier molecular flexibility index (Phi) is 5.38. The lowest BCUT2D eigenvalue weighted by Gasteiger charge is -2.19.